The van der Waals surface area contributed by atoms with Crippen LogP contribution in [0.1, 0.15) is 74.8 Å². The van der Waals surface area contributed by atoms with Crippen LogP contribution in [-0.4, -0.2) is 44.3 Å². The number of nitrogens with one attached hydrogen (secondary N) is 2. The fourth-order valence-corrected chi connectivity index (χ4v) is 4.07. The van der Waals surface area contributed by atoms with Crippen molar-refractivity contribution in [2.45, 2.75) is 79.1 Å². The van der Waals surface area contributed by atoms with E-state index in [0.717, 1.165) is 12.0 Å². The Hall–Kier alpha value is -3.69. The summed E-state index contributed by atoms with van der Waals surface area (Å²) < 4.78 is 26.8. The Morgan fingerprint density at radius 1 is 1.16 bits per heavy atom. The van der Waals surface area contributed by atoms with Crippen LogP contribution in [0.2, 0.25) is 0 Å². The minimum Gasteiger partial charge on any atom is -0.471 e. The summed E-state index contributed by atoms with van der Waals surface area (Å²) in [6.07, 6.45) is 2.40. The van der Waals surface area contributed by atoms with Gasteiger partial charge >= 0.3 is 6.09 Å². The molecule has 0 saturated carbocycles. The highest BCUT2D eigenvalue weighted by molar-refractivity contribution is 6.02. The maximum Gasteiger partial charge on any atom is 0.408 e. The number of nitrogens with zero attached hydrogens (tertiary/aromatic N) is 3. The van der Waals surface area contributed by atoms with Gasteiger partial charge < -0.3 is 20.1 Å². The molecule has 3 aromatic heterocycles. The molecule has 0 radical (unpaired) electrons. The number of pyridine rings is 2. The minimum absolute atomic E-state index is 0.0859. The molecule has 3 heterocycles. The molecule has 0 aromatic carbocycles. The Labute approximate surface area is 216 Å². The van der Waals surface area contributed by atoms with Gasteiger partial charge in [-0.3, -0.25) is 9.78 Å². The van der Waals surface area contributed by atoms with E-state index in [-0.39, 0.29) is 24.8 Å². The van der Waals surface area contributed by atoms with E-state index in [1.54, 1.807) is 33.8 Å². The second kappa shape index (κ2) is 11.1. The molecule has 1 unspecified atom stereocenters. The lowest BCUT2D eigenvalue weighted by atomic mass is 9.96. The second-order valence-corrected chi connectivity index (χ2v) is 10.5. The molecule has 200 valence electrons. The molecule has 9 nitrogen and oxygen atoms in total. The van der Waals surface area contributed by atoms with Crippen molar-refractivity contribution in [3.8, 4) is 5.88 Å². The van der Waals surface area contributed by atoms with E-state index >= 15 is 0 Å². The number of aromatic nitrogens is 3. The zero-order valence-electron chi connectivity index (χ0n) is 22.6. The molecule has 10 heteroatoms. The average molecular weight is 514 g/mol. The average Bonchev–Trinajstić information content (AvgIpc) is 3.11. The molecule has 0 fully saturated rings. The summed E-state index contributed by atoms with van der Waals surface area (Å²) in [5, 5.41) is 10.4. The van der Waals surface area contributed by atoms with Crippen molar-refractivity contribution in [2.75, 3.05) is 6.54 Å². The van der Waals surface area contributed by atoms with E-state index < -0.39 is 23.1 Å². The lowest BCUT2D eigenvalue weighted by Gasteiger charge is -2.32. The number of rotatable bonds is 9. The van der Waals surface area contributed by atoms with E-state index in [4.69, 9.17) is 9.47 Å². The van der Waals surface area contributed by atoms with Gasteiger partial charge in [-0.1, -0.05) is 13.3 Å². The lowest BCUT2D eigenvalue weighted by Crippen LogP contribution is -2.54. The number of carbonyl (C=O) groups is 2. The maximum absolute atomic E-state index is 14.0. The van der Waals surface area contributed by atoms with Gasteiger partial charge in [-0.2, -0.15) is 9.61 Å². The third kappa shape index (κ3) is 7.18. The topological polar surface area (TPSA) is 107 Å². The van der Waals surface area contributed by atoms with Crippen molar-refractivity contribution in [3.05, 3.63) is 58.8 Å². The Kier molecular flexibility index (Phi) is 8.40. The molecule has 0 aliphatic carbocycles. The predicted octanol–water partition coefficient (Wildman–Crippen LogP) is 4.88. The number of ether oxygens (including phenoxy) is 2. The summed E-state index contributed by atoms with van der Waals surface area (Å²) in [6, 6.07) is 6.44. The van der Waals surface area contributed by atoms with Crippen LogP contribution in [-0.2, 0) is 11.3 Å². The monoisotopic (exact) mass is 513 g/mol. The highest BCUT2D eigenvalue weighted by Crippen LogP contribution is 2.24. The smallest absolute Gasteiger partial charge is 0.408 e. The van der Waals surface area contributed by atoms with Gasteiger partial charge in [0, 0.05) is 18.8 Å². The van der Waals surface area contributed by atoms with Gasteiger partial charge in [-0.05, 0) is 71.7 Å². The molecule has 37 heavy (non-hydrogen) atoms. The third-order valence-corrected chi connectivity index (χ3v) is 5.68. The summed E-state index contributed by atoms with van der Waals surface area (Å²) in [6.45, 7) is 13.0. The first-order valence-electron chi connectivity index (χ1n) is 12.3. The van der Waals surface area contributed by atoms with E-state index in [9.17, 15) is 14.0 Å². The second-order valence-electron chi connectivity index (χ2n) is 10.5. The Morgan fingerprint density at radius 2 is 1.89 bits per heavy atom. The van der Waals surface area contributed by atoms with Crippen molar-refractivity contribution < 1.29 is 23.5 Å². The maximum atomic E-state index is 14.0. The molecule has 2 N–H and O–H groups in total. The molecule has 0 saturated heterocycles. The Bertz CT molecular complexity index is 1280. The zero-order valence-corrected chi connectivity index (χ0v) is 22.6. The summed E-state index contributed by atoms with van der Waals surface area (Å²) in [5.74, 6) is -0.420. The van der Waals surface area contributed by atoms with Crippen LogP contribution in [0, 0.1) is 19.7 Å². The van der Waals surface area contributed by atoms with Crippen LogP contribution in [0.5, 0.6) is 5.88 Å². The number of halogens is 1. The molecule has 1 atom stereocenters. The number of alkyl carbamates (subject to hydrolysis) is 1. The number of fused-ring (bicyclic) bond motifs is 1. The van der Waals surface area contributed by atoms with Crippen LogP contribution in [0.15, 0.2) is 30.5 Å². The molecular weight excluding hydrogens is 477 g/mol. The molecule has 0 aliphatic heterocycles. The number of carbonyl (C=O) groups excluding carboxylic acids is 2. The molecule has 0 bridgehead atoms. The molecular formula is C27H36FN5O4. The van der Waals surface area contributed by atoms with E-state index in [1.807, 2.05) is 26.8 Å². The van der Waals surface area contributed by atoms with E-state index in [2.05, 4.69) is 20.7 Å². The molecule has 3 rings (SSSR count). The van der Waals surface area contributed by atoms with E-state index in [0.29, 0.717) is 29.1 Å². The summed E-state index contributed by atoms with van der Waals surface area (Å²) in [5.41, 5.74) is 1.15. The number of aryl methyl sites for hydroxylation is 2. The van der Waals surface area contributed by atoms with Crippen molar-refractivity contribution in [1.82, 2.24) is 25.2 Å². The highest BCUT2D eigenvalue weighted by atomic mass is 19.1. The van der Waals surface area contributed by atoms with Crippen LogP contribution in [0.3, 0.4) is 0 Å². The summed E-state index contributed by atoms with van der Waals surface area (Å²) in [4.78, 5) is 29.8. The lowest BCUT2D eigenvalue weighted by molar-refractivity contribution is 0.0453. The highest BCUT2D eigenvalue weighted by Gasteiger charge is 2.30. The SMILES string of the molecule is CCCC(C)(CNC(=O)c1c(C)nn2c(OCc3ncccc3F)cc(C)cc12)NC(=O)OC(C)(C)C. The van der Waals surface area contributed by atoms with Gasteiger partial charge in [0.25, 0.3) is 5.91 Å². The molecule has 3 aromatic rings. The molecule has 0 aliphatic rings. The molecule has 2 amide bonds. The summed E-state index contributed by atoms with van der Waals surface area (Å²) in [7, 11) is 0. The van der Waals surface area contributed by atoms with Gasteiger partial charge in [-0.15, -0.1) is 0 Å². The van der Waals surface area contributed by atoms with Gasteiger partial charge in [0.05, 0.1) is 22.3 Å². The minimum atomic E-state index is -0.708. The Morgan fingerprint density at radius 3 is 2.54 bits per heavy atom. The quantitative estimate of drug-likeness (QED) is 0.423. The van der Waals surface area contributed by atoms with Crippen molar-refractivity contribution >= 4 is 17.5 Å². The third-order valence-electron chi connectivity index (χ3n) is 5.68. The first kappa shape index (κ1) is 27.9. The van der Waals surface area contributed by atoms with Crippen LogP contribution in [0.25, 0.3) is 5.52 Å². The van der Waals surface area contributed by atoms with Crippen LogP contribution in [0.4, 0.5) is 9.18 Å². The normalized spacial score (nSPS) is 13.2. The fourth-order valence-electron chi connectivity index (χ4n) is 4.07. The van der Waals surface area contributed by atoms with Crippen LogP contribution < -0.4 is 15.4 Å². The molecule has 0 spiro atoms. The first-order valence-corrected chi connectivity index (χ1v) is 12.3. The first-order chi connectivity index (χ1) is 17.3. The van der Waals surface area contributed by atoms with Gasteiger partial charge in [0.15, 0.2) is 0 Å². The standard InChI is InChI=1S/C27H36FN5O4/c1-8-11-27(7,31-25(35)37-26(4,5)6)16-30-24(34)23-18(3)32-33-21(23)13-17(2)14-22(33)36-15-20-19(28)10-9-12-29-20/h9-10,12-14H,8,11,15-16H2,1-7H3,(H,30,34)(H,31,35). The van der Waals surface area contributed by atoms with Gasteiger partial charge in [0.1, 0.15) is 23.7 Å². The number of hydrogen-bond acceptors (Lipinski definition) is 6. The van der Waals surface area contributed by atoms with Crippen molar-refractivity contribution in [3.63, 3.8) is 0 Å². The summed E-state index contributed by atoms with van der Waals surface area (Å²) >= 11 is 0. The largest absolute Gasteiger partial charge is 0.471 e. The van der Waals surface area contributed by atoms with Gasteiger partial charge in [-0.25, -0.2) is 9.18 Å². The van der Waals surface area contributed by atoms with Gasteiger partial charge in [0.2, 0.25) is 5.88 Å². The van der Waals surface area contributed by atoms with E-state index in [1.165, 1.54) is 22.8 Å². The number of amides is 2. The Balaban J connectivity index is 1.81. The number of hydrogen-bond donors (Lipinski definition) is 2. The van der Waals surface area contributed by atoms with Crippen molar-refractivity contribution in [1.29, 1.82) is 0 Å². The van der Waals surface area contributed by atoms with Crippen LogP contribution >= 0.6 is 0 Å². The van der Waals surface area contributed by atoms with Crippen molar-refractivity contribution in [2.24, 2.45) is 0 Å². The fraction of sp³-hybridized carbons (Fsp3) is 0.481. The predicted molar refractivity (Wildman–Crippen MR) is 138 cm³/mol. The zero-order chi connectivity index (χ0) is 27.4.